The van der Waals surface area contributed by atoms with Crippen LogP contribution in [0.15, 0.2) is 12.7 Å². The summed E-state index contributed by atoms with van der Waals surface area (Å²) in [6.45, 7) is 7.70. The molecule has 0 saturated carbocycles. The number of aliphatic hydroxyl groups excluding tert-OH is 2. The first-order valence-electron chi connectivity index (χ1n) is 5.88. The number of hydrogen-bond acceptors (Lipinski definition) is 4. The summed E-state index contributed by atoms with van der Waals surface area (Å²) in [6, 6.07) is 0. The standard InChI is InChI=1S/C13H26O4/c1-6-7-11(14)13(2,3)12(15)8-10(17-5)9-16-4/h6,10-12,14-15H,1,7-9H2,2-5H3. The molecule has 0 aliphatic carbocycles. The molecular formula is C13H26O4. The predicted molar refractivity (Wildman–Crippen MR) is 67.9 cm³/mol. The Morgan fingerprint density at radius 1 is 1.24 bits per heavy atom. The maximum atomic E-state index is 10.2. The van der Waals surface area contributed by atoms with Crippen molar-refractivity contribution in [2.45, 2.75) is 45.0 Å². The van der Waals surface area contributed by atoms with Crippen LogP contribution in [0.5, 0.6) is 0 Å². The van der Waals surface area contributed by atoms with Crippen molar-refractivity contribution in [3.05, 3.63) is 12.7 Å². The molecule has 17 heavy (non-hydrogen) atoms. The molecule has 0 amide bonds. The number of ether oxygens (including phenoxy) is 2. The molecule has 0 heterocycles. The number of methoxy groups -OCH3 is 2. The van der Waals surface area contributed by atoms with E-state index in [1.54, 1.807) is 20.3 Å². The summed E-state index contributed by atoms with van der Waals surface area (Å²) in [5.74, 6) is 0. The molecule has 0 bridgehead atoms. The highest BCUT2D eigenvalue weighted by molar-refractivity contribution is 4.89. The van der Waals surface area contributed by atoms with Crippen molar-refractivity contribution in [1.29, 1.82) is 0 Å². The number of aliphatic hydroxyl groups is 2. The van der Waals surface area contributed by atoms with Gasteiger partial charge < -0.3 is 19.7 Å². The fraction of sp³-hybridized carbons (Fsp3) is 0.846. The van der Waals surface area contributed by atoms with E-state index in [1.165, 1.54) is 0 Å². The predicted octanol–water partition coefficient (Wildman–Crippen LogP) is 1.36. The van der Waals surface area contributed by atoms with Crippen molar-refractivity contribution in [1.82, 2.24) is 0 Å². The van der Waals surface area contributed by atoms with Crippen LogP contribution in [0, 0.1) is 5.41 Å². The highest BCUT2D eigenvalue weighted by Crippen LogP contribution is 2.30. The Morgan fingerprint density at radius 2 is 1.82 bits per heavy atom. The molecule has 102 valence electrons. The Hall–Kier alpha value is -0.420. The van der Waals surface area contributed by atoms with E-state index in [-0.39, 0.29) is 6.10 Å². The SMILES string of the molecule is C=CCC(O)C(C)(C)C(O)CC(COC)OC. The van der Waals surface area contributed by atoms with E-state index < -0.39 is 17.6 Å². The minimum atomic E-state index is -0.655. The zero-order valence-corrected chi connectivity index (χ0v) is 11.3. The second kappa shape index (κ2) is 7.82. The highest BCUT2D eigenvalue weighted by atomic mass is 16.5. The average molecular weight is 246 g/mol. The number of hydrogen-bond donors (Lipinski definition) is 2. The minimum Gasteiger partial charge on any atom is -0.392 e. The Kier molecular flexibility index (Phi) is 7.63. The lowest BCUT2D eigenvalue weighted by atomic mass is 9.77. The van der Waals surface area contributed by atoms with Crippen LogP contribution in [0.25, 0.3) is 0 Å². The molecule has 4 nitrogen and oxygen atoms in total. The lowest BCUT2D eigenvalue weighted by Gasteiger charge is -2.36. The van der Waals surface area contributed by atoms with E-state index in [0.717, 1.165) is 0 Å². The molecule has 4 heteroatoms. The van der Waals surface area contributed by atoms with E-state index in [4.69, 9.17) is 9.47 Å². The van der Waals surface area contributed by atoms with E-state index in [2.05, 4.69) is 6.58 Å². The van der Waals surface area contributed by atoms with Crippen LogP contribution in [0.1, 0.15) is 26.7 Å². The summed E-state index contributed by atoms with van der Waals surface area (Å²) in [5, 5.41) is 20.1. The molecule has 3 unspecified atom stereocenters. The van der Waals surface area contributed by atoms with Gasteiger partial charge in [-0.15, -0.1) is 6.58 Å². The molecule has 0 aromatic carbocycles. The van der Waals surface area contributed by atoms with Gasteiger partial charge in [0.1, 0.15) is 0 Å². The second-order valence-corrected chi connectivity index (χ2v) is 4.93. The van der Waals surface area contributed by atoms with Gasteiger partial charge in [-0.3, -0.25) is 0 Å². The zero-order valence-electron chi connectivity index (χ0n) is 11.3. The van der Waals surface area contributed by atoms with Crippen molar-refractivity contribution in [3.63, 3.8) is 0 Å². The Bertz CT molecular complexity index is 215. The third-order valence-electron chi connectivity index (χ3n) is 3.28. The molecular weight excluding hydrogens is 220 g/mol. The summed E-state index contributed by atoms with van der Waals surface area (Å²) in [7, 11) is 3.18. The van der Waals surface area contributed by atoms with Gasteiger partial charge in [0.05, 0.1) is 24.9 Å². The lowest BCUT2D eigenvalue weighted by molar-refractivity contribution is -0.0786. The largest absolute Gasteiger partial charge is 0.392 e. The van der Waals surface area contributed by atoms with E-state index in [9.17, 15) is 10.2 Å². The summed E-state index contributed by atoms with van der Waals surface area (Å²) >= 11 is 0. The molecule has 0 spiro atoms. The Labute approximate surface area is 104 Å². The molecule has 0 aliphatic heterocycles. The fourth-order valence-corrected chi connectivity index (χ4v) is 1.65. The summed E-state index contributed by atoms with van der Waals surface area (Å²) in [5.41, 5.74) is -0.599. The van der Waals surface area contributed by atoms with Crippen LogP contribution in [-0.4, -0.2) is 49.4 Å². The van der Waals surface area contributed by atoms with E-state index >= 15 is 0 Å². The first-order chi connectivity index (χ1) is 7.89. The molecule has 0 aliphatic rings. The summed E-state index contributed by atoms with van der Waals surface area (Å²) < 4.78 is 10.2. The fourth-order valence-electron chi connectivity index (χ4n) is 1.65. The van der Waals surface area contributed by atoms with Crippen LogP contribution < -0.4 is 0 Å². The van der Waals surface area contributed by atoms with Crippen molar-refractivity contribution in [2.24, 2.45) is 5.41 Å². The molecule has 3 atom stereocenters. The topological polar surface area (TPSA) is 58.9 Å². The Morgan fingerprint density at radius 3 is 2.24 bits per heavy atom. The molecule has 0 rings (SSSR count). The smallest absolute Gasteiger partial charge is 0.0829 e. The van der Waals surface area contributed by atoms with Crippen LogP contribution in [0.4, 0.5) is 0 Å². The van der Waals surface area contributed by atoms with Crippen LogP contribution >= 0.6 is 0 Å². The van der Waals surface area contributed by atoms with Gasteiger partial charge in [0, 0.05) is 26.1 Å². The van der Waals surface area contributed by atoms with Crippen molar-refractivity contribution in [3.8, 4) is 0 Å². The van der Waals surface area contributed by atoms with Crippen molar-refractivity contribution in [2.75, 3.05) is 20.8 Å². The van der Waals surface area contributed by atoms with E-state index in [1.807, 2.05) is 13.8 Å². The molecule has 0 saturated heterocycles. The quantitative estimate of drug-likeness (QED) is 0.603. The van der Waals surface area contributed by atoms with Gasteiger partial charge >= 0.3 is 0 Å². The van der Waals surface area contributed by atoms with Crippen LogP contribution in [0.3, 0.4) is 0 Å². The normalized spacial score (nSPS) is 17.5. The van der Waals surface area contributed by atoms with Gasteiger partial charge in [-0.05, 0) is 6.42 Å². The number of rotatable bonds is 9. The average Bonchev–Trinajstić information content (AvgIpc) is 2.28. The molecule has 0 aromatic heterocycles. The molecule has 0 aromatic rings. The third-order valence-corrected chi connectivity index (χ3v) is 3.28. The lowest BCUT2D eigenvalue weighted by Crippen LogP contribution is -2.42. The van der Waals surface area contributed by atoms with Gasteiger partial charge in [-0.1, -0.05) is 19.9 Å². The monoisotopic (exact) mass is 246 g/mol. The summed E-state index contributed by atoms with van der Waals surface area (Å²) in [4.78, 5) is 0. The molecule has 0 radical (unpaired) electrons. The molecule has 0 fully saturated rings. The van der Waals surface area contributed by atoms with Gasteiger partial charge in [-0.2, -0.15) is 0 Å². The zero-order chi connectivity index (χ0) is 13.5. The summed E-state index contributed by atoms with van der Waals surface area (Å²) in [6.07, 6.45) is 1.12. The maximum absolute atomic E-state index is 10.2. The Balaban J connectivity index is 4.44. The minimum absolute atomic E-state index is 0.162. The van der Waals surface area contributed by atoms with Gasteiger partial charge in [0.2, 0.25) is 0 Å². The molecule has 2 N–H and O–H groups in total. The highest BCUT2D eigenvalue weighted by Gasteiger charge is 2.36. The van der Waals surface area contributed by atoms with Gasteiger partial charge in [0.25, 0.3) is 0 Å². The van der Waals surface area contributed by atoms with Crippen LogP contribution in [-0.2, 0) is 9.47 Å². The van der Waals surface area contributed by atoms with Crippen molar-refractivity contribution >= 4 is 0 Å². The first kappa shape index (κ1) is 16.6. The van der Waals surface area contributed by atoms with E-state index in [0.29, 0.717) is 19.4 Å². The van der Waals surface area contributed by atoms with Crippen LogP contribution in [0.2, 0.25) is 0 Å². The maximum Gasteiger partial charge on any atom is 0.0829 e. The van der Waals surface area contributed by atoms with Gasteiger partial charge in [0.15, 0.2) is 0 Å². The third kappa shape index (κ3) is 5.17. The second-order valence-electron chi connectivity index (χ2n) is 4.93. The van der Waals surface area contributed by atoms with Gasteiger partial charge in [-0.25, -0.2) is 0 Å². The first-order valence-corrected chi connectivity index (χ1v) is 5.88. The van der Waals surface area contributed by atoms with Crippen molar-refractivity contribution < 1.29 is 19.7 Å².